The first-order valence-corrected chi connectivity index (χ1v) is 7.22. The van der Waals surface area contributed by atoms with Gasteiger partial charge in [-0.05, 0) is 37.6 Å². The third-order valence-electron chi connectivity index (χ3n) is 3.27. The minimum atomic E-state index is 0.754. The van der Waals surface area contributed by atoms with E-state index in [9.17, 15) is 0 Å². The molecule has 0 radical (unpaired) electrons. The van der Waals surface area contributed by atoms with Crippen molar-refractivity contribution in [3.05, 3.63) is 53.6 Å². The highest BCUT2D eigenvalue weighted by Gasteiger charge is 2.10. The lowest BCUT2D eigenvalue weighted by Gasteiger charge is -2.15. The van der Waals surface area contributed by atoms with Gasteiger partial charge >= 0.3 is 0 Å². The zero-order valence-electron chi connectivity index (χ0n) is 12.6. The number of nitrogens with one attached hydrogen (secondary N) is 1. The van der Waals surface area contributed by atoms with Crippen LogP contribution in [0.15, 0.2) is 42.5 Å². The molecule has 0 saturated carbocycles. The van der Waals surface area contributed by atoms with Crippen molar-refractivity contribution >= 4 is 0 Å². The maximum absolute atomic E-state index is 5.89. The Kier molecular flexibility index (Phi) is 5.19. The fourth-order valence-electron chi connectivity index (χ4n) is 2.31. The summed E-state index contributed by atoms with van der Waals surface area (Å²) in [7, 11) is 1.98. The quantitative estimate of drug-likeness (QED) is 0.849. The summed E-state index contributed by atoms with van der Waals surface area (Å²) >= 11 is 0. The molecule has 2 heteroatoms. The topological polar surface area (TPSA) is 21.3 Å². The molecule has 0 saturated heterocycles. The maximum atomic E-state index is 5.89. The Morgan fingerprint density at radius 1 is 1.05 bits per heavy atom. The number of ether oxygens (including phenoxy) is 1. The fraction of sp³-hybridized carbons (Fsp3) is 0.333. The molecule has 0 aliphatic heterocycles. The first-order valence-electron chi connectivity index (χ1n) is 7.22. The van der Waals surface area contributed by atoms with Gasteiger partial charge in [0.1, 0.15) is 5.75 Å². The largest absolute Gasteiger partial charge is 0.493 e. The molecule has 20 heavy (non-hydrogen) atoms. The summed E-state index contributed by atoms with van der Waals surface area (Å²) in [5.41, 5.74) is 5.00. The summed E-state index contributed by atoms with van der Waals surface area (Å²) in [6, 6.07) is 14.9. The van der Waals surface area contributed by atoms with Gasteiger partial charge in [0.05, 0.1) is 6.61 Å². The van der Waals surface area contributed by atoms with Crippen molar-refractivity contribution < 1.29 is 4.74 Å². The van der Waals surface area contributed by atoms with E-state index in [1.165, 1.54) is 22.3 Å². The highest BCUT2D eigenvalue weighted by Crippen LogP contribution is 2.33. The van der Waals surface area contributed by atoms with Gasteiger partial charge in [-0.3, -0.25) is 0 Å². The summed E-state index contributed by atoms with van der Waals surface area (Å²) in [6.07, 6.45) is 1.02. The van der Waals surface area contributed by atoms with E-state index < -0.39 is 0 Å². The average Bonchev–Trinajstić information content (AvgIpc) is 2.47. The molecule has 0 aliphatic rings. The molecular formula is C18H23NO. The highest BCUT2D eigenvalue weighted by molar-refractivity contribution is 5.74. The Hall–Kier alpha value is -1.80. The molecule has 0 amide bonds. The molecule has 0 aliphatic carbocycles. The van der Waals surface area contributed by atoms with Crippen LogP contribution in [0.3, 0.4) is 0 Å². The molecule has 0 aromatic heterocycles. The Balaban J connectivity index is 2.47. The molecule has 0 unspecified atom stereocenters. The zero-order valence-corrected chi connectivity index (χ0v) is 12.6. The monoisotopic (exact) mass is 269 g/mol. The van der Waals surface area contributed by atoms with Crippen molar-refractivity contribution in [3.63, 3.8) is 0 Å². The number of hydrogen-bond acceptors (Lipinski definition) is 2. The Morgan fingerprint density at radius 2 is 1.85 bits per heavy atom. The van der Waals surface area contributed by atoms with Gasteiger partial charge in [-0.15, -0.1) is 0 Å². The van der Waals surface area contributed by atoms with Gasteiger partial charge < -0.3 is 10.1 Å². The SMILES string of the molecule is CCCOc1ccccc1-c1cc(C)ccc1CNC. The van der Waals surface area contributed by atoms with E-state index in [0.29, 0.717) is 0 Å². The first-order chi connectivity index (χ1) is 9.76. The van der Waals surface area contributed by atoms with Gasteiger partial charge in [-0.2, -0.15) is 0 Å². The standard InChI is InChI=1S/C18H23NO/c1-4-11-20-18-8-6-5-7-16(18)17-12-14(2)9-10-15(17)13-19-3/h5-10,12,19H,4,11,13H2,1-3H3. The number of para-hydroxylation sites is 1. The van der Waals surface area contributed by atoms with Gasteiger partial charge in [0, 0.05) is 12.1 Å². The van der Waals surface area contributed by atoms with E-state index in [-0.39, 0.29) is 0 Å². The lowest BCUT2D eigenvalue weighted by molar-refractivity contribution is 0.318. The van der Waals surface area contributed by atoms with Crippen molar-refractivity contribution in [1.82, 2.24) is 5.32 Å². The van der Waals surface area contributed by atoms with Crippen LogP contribution in [0, 0.1) is 6.92 Å². The lowest BCUT2D eigenvalue weighted by atomic mass is 9.96. The molecule has 0 heterocycles. The van der Waals surface area contributed by atoms with Crippen LogP contribution in [-0.4, -0.2) is 13.7 Å². The molecule has 0 fully saturated rings. The smallest absolute Gasteiger partial charge is 0.127 e. The van der Waals surface area contributed by atoms with Crippen molar-refractivity contribution in [1.29, 1.82) is 0 Å². The lowest BCUT2D eigenvalue weighted by Crippen LogP contribution is -2.07. The van der Waals surface area contributed by atoms with Crippen molar-refractivity contribution in [2.45, 2.75) is 26.8 Å². The molecule has 2 aromatic rings. The summed E-state index contributed by atoms with van der Waals surface area (Å²) in [5, 5.41) is 3.24. The number of benzene rings is 2. The average molecular weight is 269 g/mol. The minimum absolute atomic E-state index is 0.754. The summed E-state index contributed by atoms with van der Waals surface area (Å²) in [4.78, 5) is 0. The van der Waals surface area contributed by atoms with Crippen LogP contribution in [0.5, 0.6) is 5.75 Å². The molecular weight excluding hydrogens is 246 g/mol. The summed E-state index contributed by atoms with van der Waals surface area (Å²) < 4.78 is 5.89. The number of rotatable bonds is 6. The fourth-order valence-corrected chi connectivity index (χ4v) is 2.31. The first kappa shape index (κ1) is 14.6. The Bertz CT molecular complexity index is 563. The Labute approximate surface area is 121 Å². The van der Waals surface area contributed by atoms with Crippen molar-refractivity contribution in [2.24, 2.45) is 0 Å². The van der Waals surface area contributed by atoms with Crippen LogP contribution in [0.25, 0.3) is 11.1 Å². The molecule has 2 rings (SSSR count). The van der Waals surface area contributed by atoms with Crippen LogP contribution in [0.2, 0.25) is 0 Å². The molecule has 0 bridgehead atoms. The van der Waals surface area contributed by atoms with Gasteiger partial charge in [-0.1, -0.05) is 48.9 Å². The van der Waals surface area contributed by atoms with E-state index in [0.717, 1.165) is 25.3 Å². The second-order valence-corrected chi connectivity index (χ2v) is 5.04. The van der Waals surface area contributed by atoms with Crippen molar-refractivity contribution in [3.8, 4) is 16.9 Å². The van der Waals surface area contributed by atoms with Crippen LogP contribution in [-0.2, 0) is 6.54 Å². The molecule has 2 nitrogen and oxygen atoms in total. The predicted octanol–water partition coefficient (Wildman–Crippen LogP) is 4.17. The van der Waals surface area contributed by atoms with Crippen LogP contribution in [0.4, 0.5) is 0 Å². The minimum Gasteiger partial charge on any atom is -0.493 e. The van der Waals surface area contributed by atoms with Gasteiger partial charge in [0.25, 0.3) is 0 Å². The van der Waals surface area contributed by atoms with Crippen molar-refractivity contribution in [2.75, 3.05) is 13.7 Å². The molecule has 0 spiro atoms. The van der Waals surface area contributed by atoms with Crippen LogP contribution in [0.1, 0.15) is 24.5 Å². The van der Waals surface area contributed by atoms with Gasteiger partial charge in [0.15, 0.2) is 0 Å². The highest BCUT2D eigenvalue weighted by atomic mass is 16.5. The van der Waals surface area contributed by atoms with E-state index in [1.54, 1.807) is 0 Å². The van der Waals surface area contributed by atoms with E-state index in [4.69, 9.17) is 4.74 Å². The van der Waals surface area contributed by atoms with E-state index in [1.807, 2.05) is 13.1 Å². The van der Waals surface area contributed by atoms with Crippen LogP contribution < -0.4 is 10.1 Å². The number of aryl methyl sites for hydroxylation is 1. The second kappa shape index (κ2) is 7.11. The molecule has 106 valence electrons. The summed E-state index contributed by atoms with van der Waals surface area (Å²) in [6.45, 7) is 5.87. The predicted molar refractivity (Wildman–Crippen MR) is 85.2 cm³/mol. The zero-order chi connectivity index (χ0) is 14.4. The molecule has 0 atom stereocenters. The third-order valence-corrected chi connectivity index (χ3v) is 3.27. The normalized spacial score (nSPS) is 10.6. The van der Waals surface area contributed by atoms with Gasteiger partial charge in [-0.25, -0.2) is 0 Å². The molecule has 1 N–H and O–H groups in total. The van der Waals surface area contributed by atoms with E-state index >= 15 is 0 Å². The maximum Gasteiger partial charge on any atom is 0.127 e. The number of hydrogen-bond donors (Lipinski definition) is 1. The van der Waals surface area contributed by atoms with E-state index in [2.05, 4.69) is 55.6 Å². The second-order valence-electron chi connectivity index (χ2n) is 5.04. The Morgan fingerprint density at radius 3 is 2.60 bits per heavy atom. The summed E-state index contributed by atoms with van der Waals surface area (Å²) in [5.74, 6) is 0.970. The van der Waals surface area contributed by atoms with Gasteiger partial charge in [0.2, 0.25) is 0 Å². The van der Waals surface area contributed by atoms with Crippen LogP contribution >= 0.6 is 0 Å². The third kappa shape index (κ3) is 3.40. The molecule has 2 aromatic carbocycles.